The van der Waals surface area contributed by atoms with Crippen LogP contribution in [0, 0.1) is 0 Å². The van der Waals surface area contributed by atoms with Crippen LogP contribution in [0.25, 0.3) is 11.1 Å². The number of hydrogen-bond donors (Lipinski definition) is 1. The Morgan fingerprint density at radius 1 is 1.19 bits per heavy atom. The van der Waals surface area contributed by atoms with Crippen LogP contribution in [0.4, 0.5) is 5.88 Å². The highest BCUT2D eigenvalue weighted by Crippen LogP contribution is 2.36. The number of nitrogens with zero attached hydrogens (tertiary/aromatic N) is 3. The van der Waals surface area contributed by atoms with Crippen molar-refractivity contribution >= 4 is 11.8 Å². The molecule has 0 aliphatic heterocycles. The molecule has 1 N–H and O–H groups in total. The summed E-state index contributed by atoms with van der Waals surface area (Å²) in [5.74, 6) is -0.0357. The van der Waals surface area contributed by atoms with Gasteiger partial charge < -0.3 is 8.94 Å². The summed E-state index contributed by atoms with van der Waals surface area (Å²) in [6.45, 7) is 0. The zero-order valence-electron chi connectivity index (χ0n) is 14.3. The molecule has 7 nitrogen and oxygen atoms in total. The maximum absolute atomic E-state index is 12.2. The third-order valence-corrected chi connectivity index (χ3v) is 4.90. The molecule has 0 bridgehead atoms. The first-order valence-corrected chi connectivity index (χ1v) is 8.71. The van der Waals surface area contributed by atoms with E-state index in [0.717, 1.165) is 24.0 Å². The molecule has 3 aromatic heterocycles. The molecule has 0 saturated heterocycles. The SMILES string of the molecule is O=C(Nc1occc1-c1cnn(C2CCc3ccccc32)c1)c1ccon1. The van der Waals surface area contributed by atoms with Crippen LogP contribution in [0.2, 0.25) is 0 Å². The smallest absolute Gasteiger partial charge is 0.280 e. The van der Waals surface area contributed by atoms with Gasteiger partial charge >= 0.3 is 0 Å². The van der Waals surface area contributed by atoms with Crippen LogP contribution >= 0.6 is 0 Å². The van der Waals surface area contributed by atoms with Crippen molar-refractivity contribution in [1.29, 1.82) is 0 Å². The molecule has 1 aliphatic carbocycles. The molecular weight excluding hydrogens is 344 g/mol. The standard InChI is InChI=1S/C20H16N4O3/c25-19(17-8-10-27-23-17)22-20-16(7-9-26-20)14-11-21-24(12-14)18-6-5-13-3-1-2-4-15(13)18/h1-4,7-12,18H,5-6H2,(H,22,25). The van der Waals surface area contributed by atoms with Crippen LogP contribution in [-0.2, 0) is 6.42 Å². The minimum Gasteiger partial charge on any atom is -0.448 e. The summed E-state index contributed by atoms with van der Waals surface area (Å²) in [5.41, 5.74) is 4.53. The summed E-state index contributed by atoms with van der Waals surface area (Å²) >= 11 is 0. The average Bonchev–Trinajstić information content (AvgIpc) is 3.46. The maximum atomic E-state index is 12.2. The fraction of sp³-hybridized carbons (Fsp3) is 0.150. The van der Waals surface area contributed by atoms with Crippen molar-refractivity contribution < 1.29 is 13.7 Å². The average molecular weight is 360 g/mol. The van der Waals surface area contributed by atoms with Crippen molar-refractivity contribution in [2.75, 3.05) is 5.32 Å². The van der Waals surface area contributed by atoms with Gasteiger partial charge in [-0.05, 0) is 30.0 Å². The summed E-state index contributed by atoms with van der Waals surface area (Å²) in [5, 5.41) is 10.9. The Bertz CT molecular complexity index is 1090. The van der Waals surface area contributed by atoms with E-state index in [9.17, 15) is 4.79 Å². The summed E-state index contributed by atoms with van der Waals surface area (Å²) in [6, 6.07) is 12.0. The van der Waals surface area contributed by atoms with E-state index in [1.165, 1.54) is 29.7 Å². The van der Waals surface area contributed by atoms with Crippen LogP contribution < -0.4 is 5.32 Å². The summed E-state index contributed by atoms with van der Waals surface area (Å²) < 4.78 is 12.1. The number of hydrogen-bond acceptors (Lipinski definition) is 5. The van der Waals surface area contributed by atoms with E-state index in [0.29, 0.717) is 5.88 Å². The van der Waals surface area contributed by atoms with Gasteiger partial charge in [-0.3, -0.25) is 14.8 Å². The van der Waals surface area contributed by atoms with E-state index < -0.39 is 5.91 Å². The molecule has 4 aromatic rings. The number of aromatic nitrogens is 3. The predicted octanol–water partition coefficient (Wildman–Crippen LogP) is 3.92. The highest BCUT2D eigenvalue weighted by molar-refractivity contribution is 6.03. The molecule has 5 rings (SSSR count). The number of nitrogens with one attached hydrogen (secondary N) is 1. The lowest BCUT2D eigenvalue weighted by molar-refractivity contribution is 0.101. The van der Waals surface area contributed by atoms with E-state index in [-0.39, 0.29) is 11.7 Å². The molecular formula is C20H16N4O3. The Morgan fingerprint density at radius 2 is 2.11 bits per heavy atom. The lowest BCUT2D eigenvalue weighted by atomic mass is 10.1. The highest BCUT2D eigenvalue weighted by Gasteiger charge is 2.25. The second kappa shape index (κ2) is 6.28. The van der Waals surface area contributed by atoms with Crippen molar-refractivity contribution in [3.05, 3.63) is 78.1 Å². The Morgan fingerprint density at radius 3 is 3.00 bits per heavy atom. The molecule has 1 amide bonds. The van der Waals surface area contributed by atoms with Crippen LogP contribution in [0.3, 0.4) is 0 Å². The molecule has 1 unspecified atom stereocenters. The fourth-order valence-corrected chi connectivity index (χ4v) is 3.59. The van der Waals surface area contributed by atoms with Gasteiger partial charge in [0.15, 0.2) is 5.69 Å². The zero-order valence-corrected chi connectivity index (χ0v) is 14.3. The number of carbonyl (C=O) groups excluding carboxylic acids is 1. The molecule has 134 valence electrons. The number of rotatable bonds is 4. The number of amides is 1. The minimum absolute atomic E-state index is 0.190. The fourth-order valence-electron chi connectivity index (χ4n) is 3.59. The van der Waals surface area contributed by atoms with Gasteiger partial charge in [0.05, 0.1) is 18.5 Å². The van der Waals surface area contributed by atoms with Gasteiger partial charge in [0.25, 0.3) is 5.91 Å². The Hall–Kier alpha value is -3.61. The third-order valence-electron chi connectivity index (χ3n) is 4.90. The van der Waals surface area contributed by atoms with Gasteiger partial charge in [-0.15, -0.1) is 0 Å². The number of aryl methyl sites for hydroxylation is 1. The topological polar surface area (TPSA) is 86.1 Å². The van der Waals surface area contributed by atoms with Gasteiger partial charge in [-0.1, -0.05) is 29.4 Å². The van der Waals surface area contributed by atoms with E-state index in [1.807, 2.05) is 16.9 Å². The van der Waals surface area contributed by atoms with Gasteiger partial charge in [-0.2, -0.15) is 5.10 Å². The Kier molecular flexibility index (Phi) is 3.64. The van der Waals surface area contributed by atoms with Gasteiger partial charge in [0.2, 0.25) is 5.88 Å². The molecule has 0 spiro atoms. The van der Waals surface area contributed by atoms with Crippen LogP contribution in [0.1, 0.15) is 34.1 Å². The summed E-state index contributed by atoms with van der Waals surface area (Å²) in [7, 11) is 0. The number of fused-ring (bicyclic) bond motifs is 1. The molecule has 1 aliphatic rings. The second-order valence-electron chi connectivity index (χ2n) is 6.46. The molecule has 27 heavy (non-hydrogen) atoms. The van der Waals surface area contributed by atoms with Gasteiger partial charge in [-0.25, -0.2) is 0 Å². The molecule has 7 heteroatoms. The molecule has 1 aromatic carbocycles. The maximum Gasteiger partial charge on any atom is 0.280 e. The molecule has 0 fully saturated rings. The van der Waals surface area contributed by atoms with E-state index in [1.54, 1.807) is 6.20 Å². The summed E-state index contributed by atoms with van der Waals surface area (Å²) in [4.78, 5) is 12.2. The number of carbonyl (C=O) groups is 1. The molecule has 0 radical (unpaired) electrons. The first-order valence-electron chi connectivity index (χ1n) is 8.71. The van der Waals surface area contributed by atoms with Crippen LogP contribution in [0.5, 0.6) is 0 Å². The van der Waals surface area contributed by atoms with Gasteiger partial charge in [0, 0.05) is 23.4 Å². The van der Waals surface area contributed by atoms with Crippen molar-refractivity contribution in [3.8, 4) is 11.1 Å². The monoisotopic (exact) mass is 360 g/mol. The van der Waals surface area contributed by atoms with E-state index in [4.69, 9.17) is 8.94 Å². The Labute approximate surface area is 154 Å². The second-order valence-corrected chi connectivity index (χ2v) is 6.46. The Balaban J connectivity index is 1.41. The zero-order chi connectivity index (χ0) is 18.2. The lowest BCUT2D eigenvalue weighted by Gasteiger charge is -2.11. The first-order chi connectivity index (χ1) is 13.3. The number of anilines is 1. The summed E-state index contributed by atoms with van der Waals surface area (Å²) in [6.07, 6.45) is 8.75. The van der Waals surface area contributed by atoms with Crippen LogP contribution in [-0.4, -0.2) is 20.8 Å². The van der Waals surface area contributed by atoms with Crippen molar-refractivity contribution in [3.63, 3.8) is 0 Å². The lowest BCUT2D eigenvalue weighted by Crippen LogP contribution is -2.12. The third kappa shape index (κ3) is 2.73. The number of benzene rings is 1. The normalized spacial score (nSPS) is 15.6. The van der Waals surface area contributed by atoms with Crippen molar-refractivity contribution in [2.45, 2.75) is 18.9 Å². The van der Waals surface area contributed by atoms with Crippen molar-refractivity contribution in [1.82, 2.24) is 14.9 Å². The van der Waals surface area contributed by atoms with E-state index in [2.05, 4.69) is 39.8 Å². The molecule has 0 saturated carbocycles. The number of furan rings is 1. The predicted molar refractivity (Wildman–Crippen MR) is 97.3 cm³/mol. The molecule has 3 heterocycles. The quantitative estimate of drug-likeness (QED) is 0.596. The minimum atomic E-state index is -0.392. The van der Waals surface area contributed by atoms with Crippen LogP contribution in [0.15, 0.2) is 70.3 Å². The first kappa shape index (κ1) is 15.6. The van der Waals surface area contributed by atoms with Crippen molar-refractivity contribution in [2.24, 2.45) is 0 Å². The highest BCUT2D eigenvalue weighted by atomic mass is 16.5. The van der Waals surface area contributed by atoms with E-state index >= 15 is 0 Å². The molecule has 1 atom stereocenters. The largest absolute Gasteiger partial charge is 0.448 e. The van der Waals surface area contributed by atoms with Gasteiger partial charge in [0.1, 0.15) is 6.26 Å².